The van der Waals surface area contributed by atoms with Crippen LogP contribution in [0.4, 0.5) is 11.6 Å². The Hall–Kier alpha value is -1.32. The van der Waals surface area contributed by atoms with E-state index in [9.17, 15) is 0 Å². The van der Waals surface area contributed by atoms with Crippen molar-refractivity contribution in [1.29, 1.82) is 0 Å². The van der Waals surface area contributed by atoms with E-state index in [1.54, 1.807) is 6.33 Å². The maximum absolute atomic E-state index is 5.95. The zero-order valence-electron chi connectivity index (χ0n) is 12.2. The van der Waals surface area contributed by atoms with Gasteiger partial charge in [-0.05, 0) is 31.1 Å². The summed E-state index contributed by atoms with van der Waals surface area (Å²) in [5.74, 6) is 3.20. The molecular weight excluding hydrogens is 236 g/mol. The van der Waals surface area contributed by atoms with E-state index < -0.39 is 0 Å². The Kier molecular flexibility index (Phi) is 5.00. The first-order valence-electron chi connectivity index (χ1n) is 7.54. The number of nitrogens with zero attached hydrogens (tertiary/aromatic N) is 2. The lowest BCUT2D eigenvalue weighted by molar-refractivity contribution is 0.293. The number of nitrogen functional groups attached to an aromatic ring is 1. The predicted molar refractivity (Wildman–Crippen MR) is 80.1 cm³/mol. The molecule has 1 aromatic rings. The van der Waals surface area contributed by atoms with Gasteiger partial charge in [0, 0.05) is 12.1 Å². The van der Waals surface area contributed by atoms with Crippen molar-refractivity contribution in [2.45, 2.75) is 52.4 Å². The molecule has 19 heavy (non-hydrogen) atoms. The summed E-state index contributed by atoms with van der Waals surface area (Å²) >= 11 is 0. The van der Waals surface area contributed by atoms with Gasteiger partial charge in [0.25, 0.3) is 0 Å². The van der Waals surface area contributed by atoms with Gasteiger partial charge in [-0.2, -0.15) is 0 Å². The number of anilines is 2. The first kappa shape index (κ1) is 14.1. The van der Waals surface area contributed by atoms with E-state index in [1.807, 2.05) is 0 Å². The van der Waals surface area contributed by atoms with Crippen molar-refractivity contribution in [3.8, 4) is 0 Å². The Morgan fingerprint density at radius 3 is 2.95 bits per heavy atom. The number of nitrogens with one attached hydrogen (secondary N) is 1. The average Bonchev–Trinajstić information content (AvgIpc) is 2.40. The lowest BCUT2D eigenvalue weighted by Gasteiger charge is -2.27. The molecule has 1 aliphatic carbocycles. The molecule has 0 aromatic carbocycles. The third-order valence-corrected chi connectivity index (χ3v) is 4.08. The quantitative estimate of drug-likeness (QED) is 0.855. The number of hydrogen-bond acceptors (Lipinski definition) is 4. The van der Waals surface area contributed by atoms with Crippen molar-refractivity contribution in [2.75, 3.05) is 17.6 Å². The fraction of sp³-hybridized carbons (Fsp3) is 0.733. The molecule has 1 fully saturated rings. The van der Waals surface area contributed by atoms with Crippen LogP contribution in [0.15, 0.2) is 6.33 Å². The molecule has 0 aliphatic heterocycles. The SMILES string of the molecule is CCCc1c(N)ncnc1NCC1CCCC(C)C1. The van der Waals surface area contributed by atoms with E-state index in [0.717, 1.165) is 42.6 Å². The van der Waals surface area contributed by atoms with Gasteiger partial charge in [-0.15, -0.1) is 0 Å². The zero-order valence-corrected chi connectivity index (χ0v) is 12.2. The average molecular weight is 262 g/mol. The van der Waals surface area contributed by atoms with Crippen LogP contribution in [-0.2, 0) is 6.42 Å². The third kappa shape index (κ3) is 3.82. The fourth-order valence-corrected chi connectivity index (χ4v) is 3.06. The molecule has 2 atom stereocenters. The Morgan fingerprint density at radius 1 is 1.37 bits per heavy atom. The van der Waals surface area contributed by atoms with Gasteiger partial charge in [0.1, 0.15) is 18.0 Å². The van der Waals surface area contributed by atoms with E-state index in [-0.39, 0.29) is 0 Å². The summed E-state index contributed by atoms with van der Waals surface area (Å²) in [6.45, 7) is 5.52. The summed E-state index contributed by atoms with van der Waals surface area (Å²) in [7, 11) is 0. The van der Waals surface area contributed by atoms with Crippen LogP contribution in [0.5, 0.6) is 0 Å². The Bertz CT molecular complexity index is 405. The van der Waals surface area contributed by atoms with E-state index in [1.165, 1.54) is 25.7 Å². The van der Waals surface area contributed by atoms with Crippen molar-refractivity contribution >= 4 is 11.6 Å². The summed E-state index contributed by atoms with van der Waals surface area (Å²) in [5, 5.41) is 3.50. The summed E-state index contributed by atoms with van der Waals surface area (Å²) in [5.41, 5.74) is 7.02. The molecule has 0 spiro atoms. The smallest absolute Gasteiger partial charge is 0.134 e. The zero-order chi connectivity index (χ0) is 13.7. The van der Waals surface area contributed by atoms with Gasteiger partial charge < -0.3 is 11.1 Å². The second-order valence-corrected chi connectivity index (χ2v) is 5.85. The van der Waals surface area contributed by atoms with Crippen molar-refractivity contribution in [2.24, 2.45) is 11.8 Å². The van der Waals surface area contributed by atoms with Gasteiger partial charge in [0.15, 0.2) is 0 Å². The van der Waals surface area contributed by atoms with Gasteiger partial charge in [0.05, 0.1) is 0 Å². The van der Waals surface area contributed by atoms with E-state index in [2.05, 4.69) is 29.1 Å². The third-order valence-electron chi connectivity index (χ3n) is 4.08. The summed E-state index contributed by atoms with van der Waals surface area (Å²) in [4.78, 5) is 8.45. The molecule has 0 amide bonds. The number of rotatable bonds is 5. The fourth-order valence-electron chi connectivity index (χ4n) is 3.06. The van der Waals surface area contributed by atoms with Crippen molar-refractivity contribution in [1.82, 2.24) is 9.97 Å². The topological polar surface area (TPSA) is 63.8 Å². The normalized spacial score (nSPS) is 23.3. The molecule has 1 aromatic heterocycles. The van der Waals surface area contributed by atoms with Crippen LogP contribution in [-0.4, -0.2) is 16.5 Å². The molecule has 0 bridgehead atoms. The largest absolute Gasteiger partial charge is 0.383 e. The van der Waals surface area contributed by atoms with Crippen LogP contribution in [0.2, 0.25) is 0 Å². The lowest BCUT2D eigenvalue weighted by Crippen LogP contribution is -2.22. The minimum Gasteiger partial charge on any atom is -0.383 e. The highest BCUT2D eigenvalue weighted by atomic mass is 15.0. The molecular formula is C15H26N4. The lowest BCUT2D eigenvalue weighted by atomic mass is 9.82. The molecule has 3 N–H and O–H groups in total. The second-order valence-electron chi connectivity index (χ2n) is 5.85. The van der Waals surface area contributed by atoms with E-state index >= 15 is 0 Å². The Labute approximate surface area is 116 Å². The van der Waals surface area contributed by atoms with Crippen LogP contribution in [0.1, 0.15) is 51.5 Å². The van der Waals surface area contributed by atoms with Gasteiger partial charge in [0.2, 0.25) is 0 Å². The van der Waals surface area contributed by atoms with Crippen molar-refractivity contribution < 1.29 is 0 Å². The van der Waals surface area contributed by atoms with E-state index in [0.29, 0.717) is 5.82 Å². The van der Waals surface area contributed by atoms with Crippen molar-refractivity contribution in [3.63, 3.8) is 0 Å². The second kappa shape index (κ2) is 6.73. The highest BCUT2D eigenvalue weighted by Crippen LogP contribution is 2.29. The molecule has 4 nitrogen and oxygen atoms in total. The molecule has 2 unspecified atom stereocenters. The maximum atomic E-state index is 5.95. The van der Waals surface area contributed by atoms with Crippen LogP contribution in [0.25, 0.3) is 0 Å². The Balaban J connectivity index is 1.96. The molecule has 0 saturated heterocycles. The highest BCUT2D eigenvalue weighted by molar-refractivity contribution is 5.54. The molecule has 106 valence electrons. The summed E-state index contributed by atoms with van der Waals surface area (Å²) in [6.07, 6.45) is 8.97. The monoisotopic (exact) mass is 262 g/mol. The number of aromatic nitrogens is 2. The Morgan fingerprint density at radius 2 is 2.21 bits per heavy atom. The maximum Gasteiger partial charge on any atom is 0.134 e. The van der Waals surface area contributed by atoms with Crippen LogP contribution in [0.3, 0.4) is 0 Å². The summed E-state index contributed by atoms with van der Waals surface area (Å²) in [6, 6.07) is 0. The van der Waals surface area contributed by atoms with E-state index in [4.69, 9.17) is 5.73 Å². The summed E-state index contributed by atoms with van der Waals surface area (Å²) < 4.78 is 0. The standard InChI is InChI=1S/C15H26N4/c1-3-5-13-14(16)18-10-19-15(13)17-9-12-7-4-6-11(2)8-12/h10-12H,3-9H2,1-2H3,(H3,16,17,18,19). The first-order valence-corrected chi connectivity index (χ1v) is 7.54. The minimum absolute atomic E-state index is 0.622. The highest BCUT2D eigenvalue weighted by Gasteiger charge is 2.19. The van der Waals surface area contributed by atoms with Gasteiger partial charge >= 0.3 is 0 Å². The number of hydrogen-bond donors (Lipinski definition) is 2. The molecule has 1 aliphatic rings. The molecule has 0 radical (unpaired) electrons. The minimum atomic E-state index is 0.622. The van der Waals surface area contributed by atoms with Gasteiger partial charge in [-0.25, -0.2) is 9.97 Å². The molecule has 2 rings (SSSR count). The van der Waals surface area contributed by atoms with Crippen LogP contribution < -0.4 is 11.1 Å². The first-order chi connectivity index (χ1) is 9.20. The van der Waals surface area contributed by atoms with Crippen LogP contribution in [0, 0.1) is 11.8 Å². The van der Waals surface area contributed by atoms with Crippen molar-refractivity contribution in [3.05, 3.63) is 11.9 Å². The molecule has 1 heterocycles. The predicted octanol–water partition coefficient (Wildman–Crippen LogP) is 3.25. The number of nitrogens with two attached hydrogens (primary N) is 1. The van der Waals surface area contributed by atoms with Gasteiger partial charge in [-0.1, -0.05) is 33.1 Å². The molecule has 4 heteroatoms. The van der Waals surface area contributed by atoms with Gasteiger partial charge in [-0.3, -0.25) is 0 Å². The molecule has 1 saturated carbocycles. The van der Waals surface area contributed by atoms with Crippen LogP contribution >= 0.6 is 0 Å².